The van der Waals surface area contributed by atoms with Crippen molar-refractivity contribution in [3.8, 4) is 16.9 Å². The molecule has 0 amide bonds. The molecule has 1 heterocycles. The van der Waals surface area contributed by atoms with Crippen molar-refractivity contribution >= 4 is 27.6 Å². The molecular formula is C18H16O4S. The van der Waals surface area contributed by atoms with E-state index in [0.29, 0.717) is 22.5 Å². The summed E-state index contributed by atoms with van der Waals surface area (Å²) >= 11 is 1.01. The van der Waals surface area contributed by atoms with Gasteiger partial charge in [0.25, 0.3) is 0 Å². The maximum absolute atomic E-state index is 11.9. The van der Waals surface area contributed by atoms with Crippen LogP contribution in [0.3, 0.4) is 0 Å². The van der Waals surface area contributed by atoms with E-state index in [0.717, 1.165) is 35.3 Å². The van der Waals surface area contributed by atoms with Crippen molar-refractivity contribution in [2.24, 2.45) is 0 Å². The lowest BCUT2D eigenvalue weighted by molar-refractivity contribution is -0.134. The predicted octanol–water partition coefficient (Wildman–Crippen LogP) is 4.62. The fourth-order valence-corrected chi connectivity index (χ4v) is 3.07. The van der Waals surface area contributed by atoms with Crippen LogP contribution in [0.15, 0.2) is 51.7 Å². The summed E-state index contributed by atoms with van der Waals surface area (Å²) in [7, 11) is 0. The van der Waals surface area contributed by atoms with Crippen molar-refractivity contribution in [1.29, 1.82) is 0 Å². The molecule has 0 aliphatic carbocycles. The second-order valence-corrected chi connectivity index (χ2v) is 6.17. The molecule has 1 aromatic heterocycles. The number of esters is 1. The largest absolute Gasteiger partial charge is 0.426 e. The van der Waals surface area contributed by atoms with Crippen LogP contribution in [0, 0.1) is 0 Å². The molecular weight excluding hydrogens is 312 g/mol. The molecule has 0 aliphatic rings. The van der Waals surface area contributed by atoms with Crippen LogP contribution < -0.4 is 9.68 Å². The normalized spacial score (nSPS) is 10.8. The van der Waals surface area contributed by atoms with Gasteiger partial charge in [-0.3, -0.25) is 4.79 Å². The lowest BCUT2D eigenvalue weighted by Gasteiger charge is -2.07. The number of ether oxygens (including phenoxy) is 1. The second-order valence-electron chi connectivity index (χ2n) is 5.20. The molecule has 3 rings (SSSR count). The van der Waals surface area contributed by atoms with Gasteiger partial charge in [-0.05, 0) is 18.1 Å². The molecule has 23 heavy (non-hydrogen) atoms. The quantitative estimate of drug-likeness (QED) is 0.506. The van der Waals surface area contributed by atoms with Crippen LogP contribution >= 0.6 is 11.3 Å². The first-order chi connectivity index (χ1) is 11.2. The van der Waals surface area contributed by atoms with Crippen LogP contribution in [0.2, 0.25) is 0 Å². The molecule has 0 bridgehead atoms. The molecule has 118 valence electrons. The van der Waals surface area contributed by atoms with Crippen molar-refractivity contribution in [3.63, 3.8) is 0 Å². The SMILES string of the molecule is CCCCC(=O)Oc1cc(-c2ccccc2)c2oc(=O)sc2c1. The number of rotatable bonds is 5. The highest BCUT2D eigenvalue weighted by Crippen LogP contribution is 2.34. The van der Waals surface area contributed by atoms with E-state index in [1.54, 1.807) is 12.1 Å². The van der Waals surface area contributed by atoms with Gasteiger partial charge in [-0.1, -0.05) is 55.0 Å². The van der Waals surface area contributed by atoms with Gasteiger partial charge in [-0.25, -0.2) is 4.79 Å². The van der Waals surface area contributed by atoms with Gasteiger partial charge in [0, 0.05) is 18.1 Å². The third-order valence-corrected chi connectivity index (χ3v) is 4.23. The van der Waals surface area contributed by atoms with E-state index < -0.39 is 0 Å². The van der Waals surface area contributed by atoms with Crippen LogP contribution in [-0.4, -0.2) is 5.97 Å². The standard InChI is InChI=1S/C18H16O4S/c1-2-3-9-16(19)21-13-10-14(12-7-5-4-6-8-12)17-15(11-13)23-18(20)22-17/h4-8,10-11H,2-3,9H2,1H3. The Bertz CT molecular complexity index is 877. The van der Waals surface area contributed by atoms with Gasteiger partial charge in [-0.2, -0.15) is 0 Å². The van der Waals surface area contributed by atoms with Crippen LogP contribution in [0.5, 0.6) is 5.75 Å². The minimum atomic E-state index is -0.369. The summed E-state index contributed by atoms with van der Waals surface area (Å²) in [5.74, 6) is 0.176. The molecule has 0 aliphatic heterocycles. The summed E-state index contributed by atoms with van der Waals surface area (Å²) in [5, 5.41) is 0. The lowest BCUT2D eigenvalue weighted by atomic mass is 10.0. The number of unbranched alkanes of at least 4 members (excludes halogenated alkanes) is 1. The Labute approximate surface area is 137 Å². The molecule has 2 aromatic carbocycles. The van der Waals surface area contributed by atoms with Crippen molar-refractivity contribution in [3.05, 3.63) is 52.2 Å². The third kappa shape index (κ3) is 3.51. The predicted molar refractivity (Wildman–Crippen MR) is 91.0 cm³/mol. The fourth-order valence-electron chi connectivity index (χ4n) is 2.35. The molecule has 0 N–H and O–H groups in total. The summed E-state index contributed by atoms with van der Waals surface area (Å²) in [5.41, 5.74) is 2.19. The van der Waals surface area contributed by atoms with Crippen molar-refractivity contribution < 1.29 is 13.9 Å². The van der Waals surface area contributed by atoms with E-state index in [1.165, 1.54) is 0 Å². The molecule has 0 saturated heterocycles. The number of hydrogen-bond acceptors (Lipinski definition) is 5. The highest BCUT2D eigenvalue weighted by atomic mass is 32.1. The second kappa shape index (κ2) is 6.79. The zero-order valence-corrected chi connectivity index (χ0v) is 13.5. The molecule has 0 unspecified atom stereocenters. The number of fused-ring (bicyclic) bond motifs is 1. The van der Waals surface area contributed by atoms with Gasteiger partial charge >= 0.3 is 10.9 Å². The Morgan fingerprint density at radius 1 is 1.22 bits per heavy atom. The topological polar surface area (TPSA) is 56.5 Å². The van der Waals surface area contributed by atoms with E-state index in [2.05, 4.69) is 0 Å². The first-order valence-corrected chi connectivity index (χ1v) is 8.33. The third-order valence-electron chi connectivity index (χ3n) is 3.46. The van der Waals surface area contributed by atoms with Crippen LogP contribution in [0.25, 0.3) is 21.4 Å². The summed E-state index contributed by atoms with van der Waals surface area (Å²) in [4.78, 5) is 23.1. The van der Waals surface area contributed by atoms with Gasteiger partial charge in [-0.15, -0.1) is 0 Å². The fraction of sp³-hybridized carbons (Fsp3) is 0.222. The number of benzene rings is 2. The zero-order valence-electron chi connectivity index (χ0n) is 12.7. The van der Waals surface area contributed by atoms with E-state index in [1.807, 2.05) is 37.3 Å². The van der Waals surface area contributed by atoms with Crippen LogP contribution in [-0.2, 0) is 4.79 Å². The van der Waals surface area contributed by atoms with Crippen molar-refractivity contribution in [2.45, 2.75) is 26.2 Å². The Morgan fingerprint density at radius 3 is 2.74 bits per heavy atom. The molecule has 4 nitrogen and oxygen atoms in total. The summed E-state index contributed by atoms with van der Waals surface area (Å²) in [6, 6.07) is 13.0. The van der Waals surface area contributed by atoms with E-state index >= 15 is 0 Å². The molecule has 0 radical (unpaired) electrons. The van der Waals surface area contributed by atoms with E-state index in [4.69, 9.17) is 9.15 Å². The number of carbonyl (C=O) groups is 1. The highest BCUT2D eigenvalue weighted by molar-refractivity contribution is 7.16. The molecule has 0 fully saturated rings. The smallest absolute Gasteiger partial charge is 0.396 e. The number of hydrogen-bond donors (Lipinski definition) is 0. The summed E-state index contributed by atoms with van der Waals surface area (Å²) < 4.78 is 11.4. The average Bonchev–Trinajstić information content (AvgIpc) is 2.93. The Hall–Kier alpha value is -2.40. The maximum atomic E-state index is 11.9. The van der Waals surface area contributed by atoms with Gasteiger partial charge in [0.15, 0.2) is 5.58 Å². The van der Waals surface area contributed by atoms with Crippen LogP contribution in [0.1, 0.15) is 26.2 Å². The van der Waals surface area contributed by atoms with Gasteiger partial charge in [0.1, 0.15) is 5.75 Å². The monoisotopic (exact) mass is 328 g/mol. The minimum Gasteiger partial charge on any atom is -0.426 e. The zero-order chi connectivity index (χ0) is 16.2. The van der Waals surface area contributed by atoms with Gasteiger partial charge < -0.3 is 9.15 Å². The van der Waals surface area contributed by atoms with E-state index in [-0.39, 0.29) is 10.9 Å². The Kier molecular flexibility index (Phi) is 4.57. The van der Waals surface area contributed by atoms with E-state index in [9.17, 15) is 9.59 Å². The lowest BCUT2D eigenvalue weighted by Crippen LogP contribution is -2.07. The Balaban J connectivity index is 2.04. The van der Waals surface area contributed by atoms with Crippen molar-refractivity contribution in [1.82, 2.24) is 0 Å². The van der Waals surface area contributed by atoms with Crippen molar-refractivity contribution in [2.75, 3.05) is 0 Å². The highest BCUT2D eigenvalue weighted by Gasteiger charge is 2.14. The summed E-state index contributed by atoms with van der Waals surface area (Å²) in [6.45, 7) is 2.02. The number of carbonyl (C=O) groups excluding carboxylic acids is 1. The molecule has 5 heteroatoms. The average molecular weight is 328 g/mol. The molecule has 0 spiro atoms. The van der Waals surface area contributed by atoms with Gasteiger partial charge in [0.2, 0.25) is 0 Å². The first-order valence-electron chi connectivity index (χ1n) is 7.51. The first kappa shape index (κ1) is 15.5. The summed E-state index contributed by atoms with van der Waals surface area (Å²) in [6.07, 6.45) is 2.12. The minimum absolute atomic E-state index is 0.263. The molecule has 3 aromatic rings. The van der Waals surface area contributed by atoms with Crippen LogP contribution in [0.4, 0.5) is 0 Å². The van der Waals surface area contributed by atoms with Gasteiger partial charge in [0.05, 0.1) is 4.70 Å². The maximum Gasteiger partial charge on any atom is 0.396 e. The Morgan fingerprint density at radius 2 is 2.00 bits per heavy atom. The molecule has 0 saturated carbocycles. The molecule has 0 atom stereocenters.